The van der Waals surface area contributed by atoms with E-state index in [1.54, 1.807) is 4.68 Å². The molecule has 0 aliphatic carbocycles. The zero-order valence-electron chi connectivity index (χ0n) is 16.0. The van der Waals surface area contributed by atoms with Gasteiger partial charge in [-0.3, -0.25) is 9.48 Å². The Kier molecular flexibility index (Phi) is 4.56. The molecular weight excluding hydrogens is 340 g/mol. The van der Waals surface area contributed by atoms with Crippen LogP contribution in [0.2, 0.25) is 0 Å². The topological polar surface area (TPSA) is 64.2 Å². The number of amides is 1. The normalized spacial score (nSPS) is 17.3. The molecule has 3 heterocycles. The number of carbonyl (C=O) groups excluding carboxylic acids is 1. The average molecular weight is 364 g/mol. The average Bonchev–Trinajstić information content (AvgIpc) is 3.24. The van der Waals surface area contributed by atoms with Gasteiger partial charge in [0, 0.05) is 30.9 Å². The fourth-order valence-electron chi connectivity index (χ4n) is 3.80. The van der Waals surface area contributed by atoms with Crippen molar-refractivity contribution < 1.29 is 9.32 Å². The van der Waals surface area contributed by atoms with Gasteiger partial charge < -0.3 is 9.42 Å². The second-order valence-corrected chi connectivity index (χ2v) is 7.20. The molecule has 27 heavy (non-hydrogen) atoms. The van der Waals surface area contributed by atoms with Crippen molar-refractivity contribution in [2.45, 2.75) is 39.2 Å². The van der Waals surface area contributed by atoms with Crippen LogP contribution in [0.3, 0.4) is 0 Å². The first-order valence-electron chi connectivity index (χ1n) is 9.39. The third-order valence-corrected chi connectivity index (χ3v) is 5.36. The molecule has 6 heteroatoms. The van der Waals surface area contributed by atoms with E-state index in [0.717, 1.165) is 54.1 Å². The molecule has 0 saturated carbocycles. The van der Waals surface area contributed by atoms with Gasteiger partial charge in [0.05, 0.1) is 23.0 Å². The van der Waals surface area contributed by atoms with Crippen molar-refractivity contribution in [2.75, 3.05) is 6.54 Å². The molecule has 1 fully saturated rings. The van der Waals surface area contributed by atoms with Gasteiger partial charge in [-0.15, -0.1) is 0 Å². The standard InChI is InChI=1S/C21H24N4O2/c1-14-15(2)23-27-20(14)17-13-24(3)22-19(17)18-11-7-8-12-25(18)21(26)16-9-5-4-6-10-16/h4-6,9-10,13,18H,7-8,11-12H2,1-3H3. The Morgan fingerprint density at radius 2 is 1.96 bits per heavy atom. The van der Waals surface area contributed by atoms with Crippen LogP contribution in [0.1, 0.15) is 52.6 Å². The lowest BCUT2D eigenvalue weighted by molar-refractivity contribution is 0.0606. The fourth-order valence-corrected chi connectivity index (χ4v) is 3.80. The third-order valence-electron chi connectivity index (χ3n) is 5.36. The van der Waals surface area contributed by atoms with E-state index in [1.165, 1.54) is 0 Å². The lowest BCUT2D eigenvalue weighted by atomic mass is 9.94. The number of nitrogens with zero attached hydrogens (tertiary/aromatic N) is 4. The molecule has 6 nitrogen and oxygen atoms in total. The predicted octanol–water partition coefficient (Wildman–Crippen LogP) is 4.06. The number of benzene rings is 1. The first kappa shape index (κ1) is 17.5. The summed E-state index contributed by atoms with van der Waals surface area (Å²) in [5.41, 5.74) is 4.42. The van der Waals surface area contributed by atoms with E-state index < -0.39 is 0 Å². The molecule has 0 radical (unpaired) electrons. The van der Waals surface area contributed by atoms with E-state index >= 15 is 0 Å². The summed E-state index contributed by atoms with van der Waals surface area (Å²) in [6.07, 6.45) is 4.95. The van der Waals surface area contributed by atoms with Crippen LogP contribution < -0.4 is 0 Å². The second-order valence-electron chi connectivity index (χ2n) is 7.20. The predicted molar refractivity (Wildman–Crippen MR) is 102 cm³/mol. The van der Waals surface area contributed by atoms with Crippen molar-refractivity contribution in [1.82, 2.24) is 19.8 Å². The molecule has 0 bridgehead atoms. The molecular formula is C21H24N4O2. The Morgan fingerprint density at radius 3 is 2.67 bits per heavy atom. The van der Waals surface area contributed by atoms with E-state index in [-0.39, 0.29) is 11.9 Å². The van der Waals surface area contributed by atoms with Crippen LogP contribution >= 0.6 is 0 Å². The number of rotatable bonds is 3. The summed E-state index contributed by atoms with van der Waals surface area (Å²) in [7, 11) is 1.90. The van der Waals surface area contributed by atoms with Gasteiger partial charge in [0.25, 0.3) is 5.91 Å². The van der Waals surface area contributed by atoms with Crippen molar-refractivity contribution in [3.63, 3.8) is 0 Å². The maximum Gasteiger partial charge on any atom is 0.254 e. The minimum Gasteiger partial charge on any atom is -0.356 e. The van der Waals surface area contributed by atoms with Gasteiger partial charge in [-0.05, 0) is 45.2 Å². The Bertz CT molecular complexity index is 958. The number of likely N-dealkylation sites (tertiary alicyclic amines) is 1. The van der Waals surface area contributed by atoms with Gasteiger partial charge in [-0.25, -0.2) is 0 Å². The summed E-state index contributed by atoms with van der Waals surface area (Å²) in [4.78, 5) is 15.1. The zero-order valence-corrected chi connectivity index (χ0v) is 16.0. The van der Waals surface area contributed by atoms with Gasteiger partial charge in [-0.1, -0.05) is 23.4 Å². The molecule has 1 saturated heterocycles. The molecule has 140 valence electrons. The largest absolute Gasteiger partial charge is 0.356 e. The highest BCUT2D eigenvalue weighted by Crippen LogP contribution is 2.38. The lowest BCUT2D eigenvalue weighted by Crippen LogP contribution is -2.39. The van der Waals surface area contributed by atoms with Gasteiger partial charge in [0.15, 0.2) is 5.76 Å². The van der Waals surface area contributed by atoms with Crippen LogP contribution in [0.4, 0.5) is 0 Å². The Labute approximate surface area is 158 Å². The molecule has 0 N–H and O–H groups in total. The van der Waals surface area contributed by atoms with E-state index in [4.69, 9.17) is 9.62 Å². The van der Waals surface area contributed by atoms with Crippen LogP contribution in [0.15, 0.2) is 41.1 Å². The maximum absolute atomic E-state index is 13.2. The lowest BCUT2D eigenvalue weighted by Gasteiger charge is -2.35. The molecule has 1 aliphatic rings. The number of carbonyl (C=O) groups is 1. The van der Waals surface area contributed by atoms with E-state index in [9.17, 15) is 4.79 Å². The van der Waals surface area contributed by atoms with E-state index in [1.807, 2.05) is 62.3 Å². The van der Waals surface area contributed by atoms with Gasteiger partial charge in [0.2, 0.25) is 0 Å². The van der Waals surface area contributed by atoms with Gasteiger partial charge in [-0.2, -0.15) is 5.10 Å². The van der Waals surface area contributed by atoms with Crippen LogP contribution in [0, 0.1) is 13.8 Å². The minimum atomic E-state index is -0.0625. The molecule has 1 amide bonds. The monoisotopic (exact) mass is 364 g/mol. The minimum absolute atomic E-state index is 0.0578. The molecule has 3 aromatic rings. The Hall–Kier alpha value is -2.89. The molecule has 1 atom stereocenters. The van der Waals surface area contributed by atoms with E-state index in [0.29, 0.717) is 5.56 Å². The van der Waals surface area contributed by atoms with Crippen molar-refractivity contribution in [3.8, 4) is 11.3 Å². The number of hydrogen-bond acceptors (Lipinski definition) is 4. The van der Waals surface area contributed by atoms with Crippen molar-refractivity contribution in [3.05, 3.63) is 59.0 Å². The number of hydrogen-bond donors (Lipinski definition) is 0. The summed E-state index contributed by atoms with van der Waals surface area (Å²) in [5.74, 6) is 0.802. The third kappa shape index (κ3) is 3.16. The van der Waals surface area contributed by atoms with Crippen LogP contribution in [-0.4, -0.2) is 32.3 Å². The van der Waals surface area contributed by atoms with E-state index in [2.05, 4.69) is 5.16 Å². The van der Waals surface area contributed by atoms with Crippen molar-refractivity contribution >= 4 is 5.91 Å². The summed E-state index contributed by atoms with van der Waals surface area (Å²) in [5, 5.41) is 8.82. The quantitative estimate of drug-likeness (QED) is 0.703. The number of aryl methyl sites for hydroxylation is 2. The second kappa shape index (κ2) is 7.02. The molecule has 0 spiro atoms. The van der Waals surface area contributed by atoms with Crippen LogP contribution in [0.25, 0.3) is 11.3 Å². The van der Waals surface area contributed by atoms with Gasteiger partial charge >= 0.3 is 0 Å². The number of aromatic nitrogens is 3. The molecule has 1 unspecified atom stereocenters. The summed E-state index contributed by atoms with van der Waals surface area (Å²) in [6.45, 7) is 4.68. The number of piperidine rings is 1. The fraction of sp³-hybridized carbons (Fsp3) is 0.381. The van der Waals surface area contributed by atoms with Crippen LogP contribution in [-0.2, 0) is 7.05 Å². The first-order valence-corrected chi connectivity index (χ1v) is 9.39. The first-order chi connectivity index (χ1) is 13.1. The smallest absolute Gasteiger partial charge is 0.254 e. The van der Waals surface area contributed by atoms with Crippen molar-refractivity contribution in [2.24, 2.45) is 7.05 Å². The molecule has 2 aromatic heterocycles. The summed E-state index contributed by atoms with van der Waals surface area (Å²) < 4.78 is 7.39. The highest BCUT2D eigenvalue weighted by Gasteiger charge is 2.33. The van der Waals surface area contributed by atoms with Crippen molar-refractivity contribution in [1.29, 1.82) is 0 Å². The highest BCUT2D eigenvalue weighted by molar-refractivity contribution is 5.94. The Morgan fingerprint density at radius 1 is 1.19 bits per heavy atom. The summed E-state index contributed by atoms with van der Waals surface area (Å²) in [6, 6.07) is 9.41. The van der Waals surface area contributed by atoms with Crippen LogP contribution in [0.5, 0.6) is 0 Å². The molecule has 4 rings (SSSR count). The zero-order chi connectivity index (χ0) is 19.0. The molecule has 1 aliphatic heterocycles. The van der Waals surface area contributed by atoms with Gasteiger partial charge in [0.1, 0.15) is 0 Å². The maximum atomic E-state index is 13.2. The SMILES string of the molecule is Cc1noc(-c2cn(C)nc2C2CCCCN2C(=O)c2ccccc2)c1C. The Balaban J connectivity index is 1.75. The highest BCUT2D eigenvalue weighted by atomic mass is 16.5. The molecule has 1 aromatic carbocycles. The summed E-state index contributed by atoms with van der Waals surface area (Å²) >= 11 is 0.